The second kappa shape index (κ2) is 6.60. The summed E-state index contributed by atoms with van der Waals surface area (Å²) >= 11 is 0. The van der Waals surface area contributed by atoms with Crippen LogP contribution in [-0.4, -0.2) is 26.9 Å². The Morgan fingerprint density at radius 2 is 1.92 bits per heavy atom. The maximum atomic E-state index is 11.6. The van der Waals surface area contributed by atoms with Crippen molar-refractivity contribution in [2.45, 2.75) is 6.92 Å². The normalized spacial score (nSPS) is 10.5. The van der Waals surface area contributed by atoms with E-state index in [-0.39, 0.29) is 17.2 Å². The monoisotopic (exact) mass is 351 g/mol. The van der Waals surface area contributed by atoms with E-state index in [0.29, 0.717) is 27.8 Å². The van der Waals surface area contributed by atoms with Crippen LogP contribution >= 0.6 is 0 Å². The maximum absolute atomic E-state index is 11.6. The van der Waals surface area contributed by atoms with E-state index in [1.54, 1.807) is 24.3 Å². The third-order valence-electron chi connectivity index (χ3n) is 3.71. The number of aromatic carboxylic acids is 1. The van der Waals surface area contributed by atoms with E-state index in [1.165, 1.54) is 31.2 Å². The number of nitrogens with one attached hydrogen (secondary N) is 1. The number of carboxylic acids is 1. The van der Waals surface area contributed by atoms with Crippen molar-refractivity contribution in [2.24, 2.45) is 0 Å². The maximum Gasteiger partial charge on any atom is 0.336 e. The van der Waals surface area contributed by atoms with Crippen LogP contribution in [0.1, 0.15) is 17.3 Å². The number of amides is 1. The summed E-state index contributed by atoms with van der Waals surface area (Å²) in [6.07, 6.45) is 0. The van der Waals surface area contributed by atoms with Crippen LogP contribution in [0, 0.1) is 10.1 Å². The lowest BCUT2D eigenvalue weighted by molar-refractivity contribution is -0.384. The topological polar surface area (TPSA) is 122 Å². The molecule has 0 aliphatic rings. The van der Waals surface area contributed by atoms with Crippen LogP contribution in [0.3, 0.4) is 0 Å². The second-order valence-electron chi connectivity index (χ2n) is 5.58. The number of non-ortho nitro benzene ring substituents is 1. The molecule has 3 rings (SSSR count). The number of hydrogen-bond acceptors (Lipinski definition) is 5. The van der Waals surface area contributed by atoms with E-state index in [4.69, 9.17) is 0 Å². The molecule has 8 nitrogen and oxygen atoms in total. The van der Waals surface area contributed by atoms with E-state index in [2.05, 4.69) is 10.3 Å². The van der Waals surface area contributed by atoms with E-state index in [9.17, 15) is 24.8 Å². The first kappa shape index (κ1) is 17.0. The quantitative estimate of drug-likeness (QED) is 0.548. The van der Waals surface area contributed by atoms with Gasteiger partial charge in [-0.3, -0.25) is 14.9 Å². The van der Waals surface area contributed by atoms with E-state index < -0.39 is 10.9 Å². The van der Waals surface area contributed by atoms with Gasteiger partial charge in [-0.2, -0.15) is 0 Å². The first-order valence-corrected chi connectivity index (χ1v) is 7.55. The van der Waals surface area contributed by atoms with Gasteiger partial charge in [-0.15, -0.1) is 0 Å². The number of pyridine rings is 1. The zero-order valence-corrected chi connectivity index (χ0v) is 13.6. The van der Waals surface area contributed by atoms with Crippen LogP contribution in [-0.2, 0) is 4.79 Å². The molecule has 1 heterocycles. The van der Waals surface area contributed by atoms with Gasteiger partial charge in [0, 0.05) is 35.7 Å². The molecule has 0 saturated heterocycles. The highest BCUT2D eigenvalue weighted by Crippen LogP contribution is 2.28. The highest BCUT2D eigenvalue weighted by atomic mass is 16.6. The number of aromatic nitrogens is 1. The lowest BCUT2D eigenvalue weighted by Crippen LogP contribution is -2.06. The Balaban J connectivity index is 2.22. The Bertz CT molecular complexity index is 1060. The van der Waals surface area contributed by atoms with Gasteiger partial charge >= 0.3 is 5.97 Å². The predicted octanol–water partition coefficient (Wildman–Crippen LogP) is 3.47. The largest absolute Gasteiger partial charge is 0.478 e. The van der Waals surface area contributed by atoms with Crippen LogP contribution < -0.4 is 5.32 Å². The SMILES string of the molecule is CC(=O)Nc1ccc2c(C(=O)O)cc(-c3cccc([N+](=O)[O-])c3)nc2c1. The molecular formula is C18H13N3O5. The number of nitro groups is 1. The molecule has 0 saturated carbocycles. The number of fused-ring (bicyclic) bond motifs is 1. The molecule has 1 amide bonds. The fraction of sp³-hybridized carbons (Fsp3) is 0.0556. The van der Waals surface area contributed by atoms with E-state index in [1.807, 2.05) is 0 Å². The van der Waals surface area contributed by atoms with Crippen molar-refractivity contribution in [2.75, 3.05) is 5.32 Å². The number of carbonyl (C=O) groups excluding carboxylic acids is 1. The summed E-state index contributed by atoms with van der Waals surface area (Å²) in [6.45, 7) is 1.36. The highest BCUT2D eigenvalue weighted by Gasteiger charge is 2.15. The van der Waals surface area contributed by atoms with Gasteiger partial charge in [-0.1, -0.05) is 12.1 Å². The molecule has 2 N–H and O–H groups in total. The molecule has 8 heteroatoms. The molecule has 0 aliphatic carbocycles. The number of rotatable bonds is 4. The van der Waals surface area contributed by atoms with Crippen molar-refractivity contribution < 1.29 is 19.6 Å². The van der Waals surface area contributed by atoms with Crippen molar-refractivity contribution in [1.29, 1.82) is 0 Å². The van der Waals surface area contributed by atoms with Gasteiger partial charge < -0.3 is 10.4 Å². The van der Waals surface area contributed by atoms with Crippen molar-refractivity contribution >= 4 is 34.2 Å². The summed E-state index contributed by atoms with van der Waals surface area (Å²) < 4.78 is 0. The predicted molar refractivity (Wildman–Crippen MR) is 95.1 cm³/mol. The van der Waals surface area contributed by atoms with Crippen LogP contribution in [0.4, 0.5) is 11.4 Å². The number of nitro benzene ring substituents is 1. The fourth-order valence-corrected chi connectivity index (χ4v) is 2.61. The van der Waals surface area contributed by atoms with Crippen LogP contribution in [0.2, 0.25) is 0 Å². The van der Waals surface area contributed by atoms with Crippen LogP contribution in [0.25, 0.3) is 22.2 Å². The minimum absolute atomic E-state index is 0.0193. The van der Waals surface area contributed by atoms with E-state index in [0.717, 1.165) is 0 Å². The second-order valence-corrected chi connectivity index (χ2v) is 5.58. The van der Waals surface area contributed by atoms with Crippen LogP contribution in [0.5, 0.6) is 0 Å². The molecule has 0 spiro atoms. The molecule has 0 atom stereocenters. The van der Waals surface area contributed by atoms with Crippen molar-refractivity contribution in [3.63, 3.8) is 0 Å². The number of carbonyl (C=O) groups is 2. The van der Waals surface area contributed by atoms with Crippen molar-refractivity contribution in [1.82, 2.24) is 4.98 Å². The van der Waals surface area contributed by atoms with Gasteiger partial charge in [0.05, 0.1) is 21.7 Å². The molecular weight excluding hydrogens is 338 g/mol. The summed E-state index contributed by atoms with van der Waals surface area (Å²) in [5.41, 5.74) is 1.45. The average molecular weight is 351 g/mol. The standard InChI is InChI=1S/C18H13N3O5/c1-10(22)19-12-5-6-14-15(18(23)24)9-16(20-17(14)8-12)11-3-2-4-13(7-11)21(25)26/h2-9H,1H3,(H,19,22)(H,23,24). The van der Waals surface area contributed by atoms with Gasteiger partial charge in [0.2, 0.25) is 5.91 Å². The molecule has 2 aromatic carbocycles. The Morgan fingerprint density at radius 1 is 1.15 bits per heavy atom. The first-order chi connectivity index (χ1) is 12.3. The summed E-state index contributed by atoms with van der Waals surface area (Å²) in [6, 6.07) is 11.9. The lowest BCUT2D eigenvalue weighted by atomic mass is 10.0. The molecule has 0 radical (unpaired) electrons. The third-order valence-corrected chi connectivity index (χ3v) is 3.71. The number of benzene rings is 2. The zero-order chi connectivity index (χ0) is 18.8. The fourth-order valence-electron chi connectivity index (χ4n) is 2.61. The molecule has 130 valence electrons. The number of hydrogen-bond donors (Lipinski definition) is 2. The smallest absolute Gasteiger partial charge is 0.336 e. The average Bonchev–Trinajstić information content (AvgIpc) is 2.60. The Morgan fingerprint density at radius 3 is 2.58 bits per heavy atom. The van der Waals surface area contributed by atoms with Crippen LogP contribution in [0.15, 0.2) is 48.5 Å². The molecule has 0 fully saturated rings. The summed E-state index contributed by atoms with van der Waals surface area (Å²) in [7, 11) is 0. The third kappa shape index (κ3) is 3.34. The van der Waals surface area contributed by atoms with Gasteiger partial charge in [-0.25, -0.2) is 9.78 Å². The number of nitrogens with zero attached hydrogens (tertiary/aromatic N) is 2. The molecule has 3 aromatic rings. The van der Waals surface area contributed by atoms with Gasteiger partial charge in [-0.05, 0) is 24.3 Å². The molecule has 0 unspecified atom stereocenters. The van der Waals surface area contributed by atoms with Gasteiger partial charge in [0.15, 0.2) is 0 Å². The highest BCUT2D eigenvalue weighted by molar-refractivity contribution is 6.05. The molecule has 1 aromatic heterocycles. The Kier molecular flexibility index (Phi) is 4.32. The molecule has 0 bridgehead atoms. The number of anilines is 1. The van der Waals surface area contributed by atoms with Gasteiger partial charge in [0.25, 0.3) is 5.69 Å². The summed E-state index contributed by atoms with van der Waals surface area (Å²) in [4.78, 5) is 37.7. The minimum Gasteiger partial charge on any atom is -0.478 e. The van der Waals surface area contributed by atoms with E-state index >= 15 is 0 Å². The number of carboxylic acid groups (broad SMARTS) is 1. The molecule has 26 heavy (non-hydrogen) atoms. The van der Waals surface area contributed by atoms with Crippen molar-refractivity contribution in [3.05, 3.63) is 64.2 Å². The van der Waals surface area contributed by atoms with Crippen molar-refractivity contribution in [3.8, 4) is 11.3 Å². The lowest BCUT2D eigenvalue weighted by Gasteiger charge is -2.09. The zero-order valence-electron chi connectivity index (χ0n) is 13.6. The Hall–Kier alpha value is -3.81. The molecule has 0 aliphatic heterocycles. The first-order valence-electron chi connectivity index (χ1n) is 7.55. The van der Waals surface area contributed by atoms with Gasteiger partial charge in [0.1, 0.15) is 0 Å². The minimum atomic E-state index is -1.14. The summed E-state index contributed by atoms with van der Waals surface area (Å²) in [5, 5.41) is 23.5. The Labute approximate surface area is 147 Å². The summed E-state index contributed by atoms with van der Waals surface area (Å²) in [5.74, 6) is -1.41.